The lowest BCUT2D eigenvalue weighted by Crippen LogP contribution is -2.22. The van der Waals surface area contributed by atoms with E-state index < -0.39 is 12.1 Å². The fraction of sp³-hybridized carbons (Fsp3) is 0.435. The van der Waals surface area contributed by atoms with Gasteiger partial charge < -0.3 is 15.5 Å². The highest BCUT2D eigenvalue weighted by Crippen LogP contribution is 2.17. The van der Waals surface area contributed by atoms with Crippen LogP contribution in [0.5, 0.6) is 0 Å². The van der Waals surface area contributed by atoms with Gasteiger partial charge in [0.05, 0.1) is 12.0 Å². The van der Waals surface area contributed by atoms with Crippen molar-refractivity contribution in [2.24, 2.45) is 5.92 Å². The molecule has 4 heteroatoms. The van der Waals surface area contributed by atoms with Crippen LogP contribution in [0.15, 0.2) is 60.7 Å². The van der Waals surface area contributed by atoms with Crippen molar-refractivity contribution in [3.8, 4) is 0 Å². The van der Waals surface area contributed by atoms with E-state index in [-0.39, 0.29) is 5.92 Å². The van der Waals surface area contributed by atoms with Gasteiger partial charge in [-0.25, -0.2) is 0 Å². The Morgan fingerprint density at radius 2 is 1.52 bits per heavy atom. The third kappa shape index (κ3) is 8.37. The van der Waals surface area contributed by atoms with E-state index in [1.807, 2.05) is 60.7 Å². The molecule has 0 bridgehead atoms. The molecular weight excluding hydrogens is 338 g/mol. The van der Waals surface area contributed by atoms with Crippen LogP contribution in [0.3, 0.4) is 0 Å². The van der Waals surface area contributed by atoms with E-state index in [0.29, 0.717) is 13.0 Å². The normalized spacial score (nSPS) is 13.2. The van der Waals surface area contributed by atoms with E-state index in [2.05, 4.69) is 5.32 Å². The van der Waals surface area contributed by atoms with Gasteiger partial charge in [0.15, 0.2) is 0 Å². The van der Waals surface area contributed by atoms with Crippen LogP contribution >= 0.6 is 0 Å². The number of carbonyl (C=O) groups is 1. The molecule has 0 radical (unpaired) electrons. The van der Waals surface area contributed by atoms with E-state index in [0.717, 1.165) is 49.8 Å². The molecule has 0 saturated carbocycles. The third-order valence-corrected chi connectivity index (χ3v) is 4.85. The highest BCUT2D eigenvalue weighted by atomic mass is 16.4. The fourth-order valence-corrected chi connectivity index (χ4v) is 3.24. The number of unbranched alkanes of at least 4 members (excludes halogenated alkanes) is 3. The zero-order valence-corrected chi connectivity index (χ0v) is 15.9. The lowest BCUT2D eigenvalue weighted by atomic mass is 9.93. The van der Waals surface area contributed by atoms with Crippen LogP contribution in [0.2, 0.25) is 0 Å². The summed E-state index contributed by atoms with van der Waals surface area (Å²) in [5.74, 6) is -0.998. The van der Waals surface area contributed by atoms with Crippen molar-refractivity contribution in [1.82, 2.24) is 5.32 Å². The summed E-state index contributed by atoms with van der Waals surface area (Å²) in [7, 11) is 0. The molecule has 0 fully saturated rings. The van der Waals surface area contributed by atoms with Crippen molar-refractivity contribution < 1.29 is 15.0 Å². The first-order chi connectivity index (χ1) is 13.2. The summed E-state index contributed by atoms with van der Waals surface area (Å²) in [5, 5.41) is 22.8. The second kappa shape index (κ2) is 12.3. The maximum atomic E-state index is 11.5. The van der Waals surface area contributed by atoms with Crippen LogP contribution in [0.4, 0.5) is 0 Å². The van der Waals surface area contributed by atoms with Crippen LogP contribution in [0.25, 0.3) is 0 Å². The number of benzene rings is 2. The van der Waals surface area contributed by atoms with Gasteiger partial charge in [-0.05, 0) is 36.9 Å². The summed E-state index contributed by atoms with van der Waals surface area (Å²) >= 11 is 0. The number of aliphatic carboxylic acids is 1. The molecule has 0 heterocycles. The summed E-state index contributed by atoms with van der Waals surface area (Å²) in [6.45, 7) is 1.43. The van der Waals surface area contributed by atoms with E-state index in [1.165, 1.54) is 0 Å². The molecule has 0 saturated heterocycles. The molecule has 2 aromatic rings. The lowest BCUT2D eigenvalue weighted by Gasteiger charge is -2.13. The molecule has 0 aliphatic rings. The zero-order valence-electron chi connectivity index (χ0n) is 15.9. The van der Waals surface area contributed by atoms with Crippen molar-refractivity contribution in [3.05, 3.63) is 71.8 Å². The molecule has 0 amide bonds. The lowest BCUT2D eigenvalue weighted by molar-refractivity contribution is -0.142. The molecule has 0 aromatic heterocycles. The Bertz CT molecular complexity index is 645. The van der Waals surface area contributed by atoms with Gasteiger partial charge in [-0.15, -0.1) is 0 Å². The highest BCUT2D eigenvalue weighted by molar-refractivity contribution is 5.70. The predicted octanol–water partition coefficient (Wildman–Crippen LogP) is 4.20. The molecule has 146 valence electrons. The summed E-state index contributed by atoms with van der Waals surface area (Å²) in [5.41, 5.74) is 2.02. The number of carboxylic acid groups (broad SMARTS) is 1. The minimum Gasteiger partial charge on any atom is -0.481 e. The molecular formula is C23H31NO3. The molecule has 0 aliphatic carbocycles. The van der Waals surface area contributed by atoms with Gasteiger partial charge >= 0.3 is 5.97 Å². The average molecular weight is 370 g/mol. The van der Waals surface area contributed by atoms with Crippen molar-refractivity contribution in [1.29, 1.82) is 0 Å². The minimum absolute atomic E-state index is 0.299. The topological polar surface area (TPSA) is 69.6 Å². The summed E-state index contributed by atoms with van der Waals surface area (Å²) in [4.78, 5) is 11.5. The fourth-order valence-electron chi connectivity index (χ4n) is 3.24. The smallest absolute Gasteiger partial charge is 0.306 e. The number of hydrogen-bond donors (Lipinski definition) is 3. The van der Waals surface area contributed by atoms with Crippen molar-refractivity contribution >= 4 is 5.97 Å². The number of rotatable bonds is 13. The Balaban J connectivity index is 1.53. The van der Waals surface area contributed by atoms with Crippen molar-refractivity contribution in [2.45, 2.75) is 44.6 Å². The molecule has 0 aliphatic heterocycles. The number of nitrogens with one attached hydrogen (secondary N) is 1. The van der Waals surface area contributed by atoms with E-state index in [4.69, 9.17) is 0 Å². The van der Waals surface area contributed by atoms with Crippen LogP contribution in [0, 0.1) is 5.92 Å². The highest BCUT2D eigenvalue weighted by Gasteiger charge is 2.17. The van der Waals surface area contributed by atoms with Gasteiger partial charge in [0, 0.05) is 6.54 Å². The Hall–Kier alpha value is -2.17. The van der Waals surface area contributed by atoms with Crippen molar-refractivity contribution in [3.63, 3.8) is 0 Å². The molecule has 2 aromatic carbocycles. The molecule has 0 spiro atoms. The van der Waals surface area contributed by atoms with Gasteiger partial charge in [0.2, 0.25) is 0 Å². The standard InChI is InChI=1S/C23H31NO3/c25-22(20-13-8-4-9-14-20)18-24-16-10-2-1-7-15-21(23(26)27)17-19-11-5-3-6-12-19/h3-6,8-9,11-14,21-22,24-25H,1-2,7,10,15-18H2,(H,26,27). The van der Waals surface area contributed by atoms with Crippen LogP contribution in [-0.4, -0.2) is 29.3 Å². The predicted molar refractivity (Wildman–Crippen MR) is 109 cm³/mol. The van der Waals surface area contributed by atoms with Crippen LogP contribution in [0.1, 0.15) is 49.3 Å². The van der Waals surface area contributed by atoms with Gasteiger partial charge in [-0.2, -0.15) is 0 Å². The molecule has 3 N–H and O–H groups in total. The van der Waals surface area contributed by atoms with E-state index in [9.17, 15) is 15.0 Å². The number of aliphatic hydroxyl groups is 1. The second-order valence-electron chi connectivity index (χ2n) is 7.06. The number of aliphatic hydroxyl groups excluding tert-OH is 1. The first-order valence-electron chi connectivity index (χ1n) is 9.87. The maximum Gasteiger partial charge on any atom is 0.306 e. The average Bonchev–Trinajstić information content (AvgIpc) is 2.70. The summed E-state index contributed by atoms with van der Waals surface area (Å²) < 4.78 is 0. The van der Waals surface area contributed by atoms with Gasteiger partial charge in [0.25, 0.3) is 0 Å². The second-order valence-corrected chi connectivity index (χ2v) is 7.06. The molecule has 27 heavy (non-hydrogen) atoms. The van der Waals surface area contributed by atoms with Crippen LogP contribution in [-0.2, 0) is 11.2 Å². The molecule has 2 unspecified atom stereocenters. The van der Waals surface area contributed by atoms with Crippen LogP contribution < -0.4 is 5.32 Å². The first kappa shape index (κ1) is 21.1. The molecule has 4 nitrogen and oxygen atoms in total. The van der Waals surface area contributed by atoms with E-state index >= 15 is 0 Å². The zero-order chi connectivity index (χ0) is 19.3. The van der Waals surface area contributed by atoms with E-state index in [1.54, 1.807) is 0 Å². The third-order valence-electron chi connectivity index (χ3n) is 4.85. The Morgan fingerprint density at radius 1 is 0.889 bits per heavy atom. The monoisotopic (exact) mass is 369 g/mol. The van der Waals surface area contributed by atoms with Gasteiger partial charge in [-0.1, -0.05) is 79.9 Å². The molecule has 2 atom stereocenters. The Morgan fingerprint density at radius 3 is 2.19 bits per heavy atom. The minimum atomic E-state index is -0.699. The summed E-state index contributed by atoms with van der Waals surface area (Å²) in [6.07, 6.45) is 4.96. The quantitative estimate of drug-likeness (QED) is 0.463. The SMILES string of the molecule is O=C(O)C(CCCCCCNCC(O)c1ccccc1)Cc1ccccc1. The Labute approximate surface area is 162 Å². The van der Waals surface area contributed by atoms with Gasteiger partial charge in [0.1, 0.15) is 0 Å². The Kier molecular flexibility index (Phi) is 9.60. The van der Waals surface area contributed by atoms with Gasteiger partial charge in [-0.3, -0.25) is 4.79 Å². The maximum absolute atomic E-state index is 11.5. The largest absolute Gasteiger partial charge is 0.481 e. The summed E-state index contributed by atoms with van der Waals surface area (Å²) in [6, 6.07) is 19.5. The number of hydrogen-bond acceptors (Lipinski definition) is 3. The molecule has 2 rings (SSSR count). The first-order valence-corrected chi connectivity index (χ1v) is 9.87. The van der Waals surface area contributed by atoms with Crippen molar-refractivity contribution in [2.75, 3.05) is 13.1 Å². The number of carboxylic acids is 1.